The first kappa shape index (κ1) is 10.6. The normalized spacial score (nSPS) is 22.5. The number of hydrogen-bond acceptors (Lipinski definition) is 2. The zero-order valence-corrected chi connectivity index (χ0v) is 7.84. The predicted octanol–water partition coefficient (Wildman–Crippen LogP) is 2.70. The highest BCUT2D eigenvalue weighted by Crippen LogP contribution is 2.25. The van der Waals surface area contributed by atoms with Crippen molar-refractivity contribution in [1.82, 2.24) is 0 Å². The van der Waals surface area contributed by atoms with Gasteiger partial charge in [-0.05, 0) is 18.9 Å². The molecule has 0 aromatic rings. The predicted molar refractivity (Wildman–Crippen MR) is 51.4 cm³/mol. The summed E-state index contributed by atoms with van der Waals surface area (Å²) in [5.41, 5.74) is 0.358. The summed E-state index contributed by atoms with van der Waals surface area (Å²) in [5.74, 6) is -0.195. The molecule has 0 radical (unpaired) electrons. The van der Waals surface area contributed by atoms with Crippen LogP contribution in [0.25, 0.3) is 0 Å². The number of hydrogen-bond donors (Lipinski definition) is 0. The number of allylic oxidation sites excluding steroid dienone is 3. The molecule has 1 atom stereocenters. The molecular weight excluding hydrogens is 188 g/mol. The van der Waals surface area contributed by atoms with Crippen molar-refractivity contribution in [3.8, 4) is 0 Å². The van der Waals surface area contributed by atoms with Crippen LogP contribution >= 0.6 is 0 Å². The molecule has 0 saturated carbocycles. The third-order valence-electron chi connectivity index (χ3n) is 1.78. The van der Waals surface area contributed by atoms with Crippen LogP contribution in [-0.4, -0.2) is 20.0 Å². The van der Waals surface area contributed by atoms with Crippen LogP contribution in [0, 0.1) is 0 Å². The van der Waals surface area contributed by atoms with Gasteiger partial charge in [-0.3, -0.25) is 4.99 Å². The van der Waals surface area contributed by atoms with E-state index >= 15 is 0 Å². The van der Waals surface area contributed by atoms with Gasteiger partial charge in [-0.2, -0.15) is 0 Å². The average molecular weight is 199 g/mol. The van der Waals surface area contributed by atoms with Crippen LogP contribution in [0.15, 0.2) is 40.5 Å². The van der Waals surface area contributed by atoms with Crippen LogP contribution in [0.3, 0.4) is 0 Å². The largest absolute Gasteiger partial charge is 0.495 e. The Morgan fingerprint density at radius 2 is 2.50 bits per heavy atom. The molecule has 1 unspecified atom stereocenters. The van der Waals surface area contributed by atoms with Crippen LogP contribution in [0.2, 0.25) is 0 Å². The van der Waals surface area contributed by atoms with Gasteiger partial charge in [-0.1, -0.05) is 0 Å². The number of methoxy groups -OCH3 is 1. The van der Waals surface area contributed by atoms with Gasteiger partial charge in [0, 0.05) is 12.0 Å². The topological polar surface area (TPSA) is 21.6 Å². The number of rotatable bonds is 3. The van der Waals surface area contributed by atoms with Gasteiger partial charge < -0.3 is 4.74 Å². The van der Waals surface area contributed by atoms with Gasteiger partial charge in [0.2, 0.25) is 0 Å². The second-order valence-electron chi connectivity index (χ2n) is 2.81. The van der Waals surface area contributed by atoms with E-state index in [9.17, 15) is 8.78 Å². The van der Waals surface area contributed by atoms with Crippen molar-refractivity contribution in [3.05, 3.63) is 35.5 Å². The molecule has 0 aromatic heterocycles. The molecule has 0 aromatic carbocycles. The average Bonchev–Trinajstić information content (AvgIpc) is 2.12. The van der Waals surface area contributed by atoms with Gasteiger partial charge in [0.15, 0.2) is 0 Å². The Balaban J connectivity index is 2.96. The first-order chi connectivity index (χ1) is 6.67. The molecule has 0 saturated heterocycles. The molecule has 0 amide bonds. The Hall–Kier alpha value is -1.45. The summed E-state index contributed by atoms with van der Waals surface area (Å²) in [4.78, 5) is 3.48. The SMILES string of the molecule is C=N/C=C(\OC)C1=CC(F)CC(F)=C1. The van der Waals surface area contributed by atoms with E-state index in [-0.39, 0.29) is 6.42 Å². The van der Waals surface area contributed by atoms with E-state index in [1.165, 1.54) is 25.5 Å². The number of alkyl halides is 1. The number of nitrogens with zero attached hydrogens (tertiary/aromatic N) is 1. The summed E-state index contributed by atoms with van der Waals surface area (Å²) in [6, 6.07) is 0. The smallest absolute Gasteiger partial charge is 0.144 e. The van der Waals surface area contributed by atoms with Crippen LogP contribution in [0.1, 0.15) is 6.42 Å². The molecule has 0 N–H and O–H groups in total. The van der Waals surface area contributed by atoms with E-state index < -0.39 is 12.0 Å². The molecule has 0 aliphatic heterocycles. The van der Waals surface area contributed by atoms with Gasteiger partial charge in [0.05, 0.1) is 13.3 Å². The van der Waals surface area contributed by atoms with Gasteiger partial charge in [0.25, 0.3) is 0 Å². The minimum atomic E-state index is -1.31. The highest BCUT2D eigenvalue weighted by Gasteiger charge is 2.16. The maximum Gasteiger partial charge on any atom is 0.144 e. The van der Waals surface area contributed by atoms with Gasteiger partial charge in [0.1, 0.15) is 17.8 Å². The van der Waals surface area contributed by atoms with Crippen molar-refractivity contribution >= 4 is 6.72 Å². The molecule has 1 aliphatic carbocycles. The summed E-state index contributed by atoms with van der Waals surface area (Å²) in [6.45, 7) is 3.24. The second-order valence-corrected chi connectivity index (χ2v) is 2.81. The zero-order chi connectivity index (χ0) is 10.6. The lowest BCUT2D eigenvalue weighted by Gasteiger charge is -2.13. The molecule has 76 valence electrons. The van der Waals surface area contributed by atoms with E-state index in [1.807, 2.05) is 0 Å². The molecule has 0 spiro atoms. The molecule has 0 heterocycles. The first-order valence-corrected chi connectivity index (χ1v) is 4.09. The lowest BCUT2D eigenvalue weighted by atomic mass is 10.0. The Morgan fingerprint density at radius 1 is 1.79 bits per heavy atom. The fourth-order valence-electron chi connectivity index (χ4n) is 1.20. The lowest BCUT2D eigenvalue weighted by molar-refractivity contribution is 0.297. The fourth-order valence-corrected chi connectivity index (χ4v) is 1.20. The molecule has 1 rings (SSSR count). The van der Waals surface area contributed by atoms with E-state index in [0.717, 1.165) is 0 Å². The Morgan fingerprint density at radius 3 is 3.00 bits per heavy atom. The minimum Gasteiger partial charge on any atom is -0.495 e. The quantitative estimate of drug-likeness (QED) is 0.506. The fraction of sp³-hybridized carbons (Fsp3) is 0.300. The van der Waals surface area contributed by atoms with E-state index in [4.69, 9.17) is 4.74 Å². The summed E-state index contributed by atoms with van der Waals surface area (Å²) in [6.07, 6.45) is 2.33. The van der Waals surface area contributed by atoms with Crippen LogP contribution in [0.4, 0.5) is 8.78 Å². The maximum absolute atomic E-state index is 12.9. The molecule has 14 heavy (non-hydrogen) atoms. The number of ether oxygens (including phenoxy) is 1. The van der Waals surface area contributed by atoms with Crippen molar-refractivity contribution in [1.29, 1.82) is 0 Å². The standard InChI is InChI=1S/C10H11F2NO/c1-13-6-10(14-2)7-3-8(11)5-9(12)4-7/h3-4,6,8H,1,5H2,2H3/b10-6-. The lowest BCUT2D eigenvalue weighted by Crippen LogP contribution is -2.05. The Bertz CT molecular complexity index is 318. The minimum absolute atomic E-state index is 0.206. The molecule has 0 fully saturated rings. The summed E-state index contributed by atoms with van der Waals surface area (Å²) < 4.78 is 30.7. The Kier molecular flexibility index (Phi) is 3.56. The number of halogens is 2. The first-order valence-electron chi connectivity index (χ1n) is 4.09. The molecule has 0 bridgehead atoms. The van der Waals surface area contributed by atoms with Crippen LogP contribution in [-0.2, 0) is 4.74 Å². The van der Waals surface area contributed by atoms with Crippen molar-refractivity contribution < 1.29 is 13.5 Å². The third-order valence-corrected chi connectivity index (χ3v) is 1.78. The maximum atomic E-state index is 12.9. The third kappa shape index (κ3) is 2.52. The van der Waals surface area contributed by atoms with E-state index in [0.29, 0.717) is 11.3 Å². The highest BCUT2D eigenvalue weighted by molar-refractivity contribution is 5.41. The van der Waals surface area contributed by atoms with Crippen LogP contribution in [0.5, 0.6) is 0 Å². The molecule has 2 nitrogen and oxygen atoms in total. The summed E-state index contributed by atoms with van der Waals surface area (Å²) >= 11 is 0. The van der Waals surface area contributed by atoms with Crippen molar-refractivity contribution in [3.63, 3.8) is 0 Å². The van der Waals surface area contributed by atoms with E-state index in [1.54, 1.807) is 0 Å². The van der Waals surface area contributed by atoms with Crippen LogP contribution < -0.4 is 0 Å². The monoisotopic (exact) mass is 199 g/mol. The van der Waals surface area contributed by atoms with Crippen molar-refractivity contribution in [2.45, 2.75) is 12.6 Å². The van der Waals surface area contributed by atoms with Gasteiger partial charge in [-0.25, -0.2) is 8.78 Å². The molecular formula is C10H11F2NO. The summed E-state index contributed by atoms with van der Waals surface area (Å²) in [5, 5.41) is 0. The Labute approximate surface area is 81.3 Å². The molecule has 1 aliphatic rings. The second kappa shape index (κ2) is 4.69. The number of aliphatic imine (C=N–C) groups is 1. The highest BCUT2D eigenvalue weighted by atomic mass is 19.1. The van der Waals surface area contributed by atoms with Gasteiger partial charge >= 0.3 is 0 Å². The molecule has 4 heteroatoms. The van der Waals surface area contributed by atoms with Gasteiger partial charge in [-0.15, -0.1) is 0 Å². The summed E-state index contributed by atoms with van der Waals surface area (Å²) in [7, 11) is 1.41. The van der Waals surface area contributed by atoms with Crippen molar-refractivity contribution in [2.75, 3.05) is 7.11 Å². The zero-order valence-electron chi connectivity index (χ0n) is 7.84. The van der Waals surface area contributed by atoms with E-state index in [2.05, 4.69) is 11.7 Å². The van der Waals surface area contributed by atoms with Crippen molar-refractivity contribution in [2.24, 2.45) is 4.99 Å².